The van der Waals surface area contributed by atoms with Crippen LogP contribution in [0.5, 0.6) is 0 Å². The quantitative estimate of drug-likeness (QED) is 0.738. The third-order valence-electron chi connectivity index (χ3n) is 2.61. The maximum Gasteiger partial charge on any atom is 0.264 e. The number of nitrogens with zero attached hydrogens (tertiary/aromatic N) is 3. The molecule has 2 heterocycles. The van der Waals surface area contributed by atoms with Crippen LogP contribution >= 0.6 is 0 Å². The van der Waals surface area contributed by atoms with Gasteiger partial charge in [-0.1, -0.05) is 12.1 Å². The minimum Gasteiger partial charge on any atom is -0.268 e. The van der Waals surface area contributed by atoms with Gasteiger partial charge in [-0.25, -0.2) is 9.78 Å². The molecular weight excluding hydrogens is 228 g/mol. The minimum absolute atomic E-state index is 0.202. The van der Waals surface area contributed by atoms with Crippen LogP contribution in [0.15, 0.2) is 59.7 Å². The molecule has 0 saturated heterocycles. The van der Waals surface area contributed by atoms with E-state index in [9.17, 15) is 4.79 Å². The molecule has 0 bridgehead atoms. The molecule has 18 heavy (non-hydrogen) atoms. The Morgan fingerprint density at radius 1 is 1.06 bits per heavy atom. The molecule has 0 unspecified atom stereocenters. The van der Waals surface area contributed by atoms with Crippen molar-refractivity contribution in [2.75, 3.05) is 0 Å². The molecule has 5 nitrogen and oxygen atoms in total. The van der Waals surface area contributed by atoms with E-state index in [2.05, 4.69) is 15.3 Å². The van der Waals surface area contributed by atoms with E-state index < -0.39 is 0 Å². The van der Waals surface area contributed by atoms with E-state index in [0.717, 1.165) is 16.9 Å². The highest BCUT2D eigenvalue weighted by Gasteiger charge is 2.00. The van der Waals surface area contributed by atoms with Crippen LogP contribution < -0.4 is 5.56 Å². The van der Waals surface area contributed by atoms with Gasteiger partial charge in [-0.3, -0.25) is 4.79 Å². The minimum atomic E-state index is -0.202. The first-order valence-corrected chi connectivity index (χ1v) is 5.49. The molecule has 3 rings (SSSR count). The van der Waals surface area contributed by atoms with Gasteiger partial charge in [0.2, 0.25) is 0 Å². The molecule has 0 atom stereocenters. The first-order chi connectivity index (χ1) is 8.83. The first-order valence-electron chi connectivity index (χ1n) is 5.49. The average Bonchev–Trinajstić information content (AvgIpc) is 2.94. The number of aromatic nitrogens is 4. The molecule has 0 aliphatic heterocycles. The lowest BCUT2D eigenvalue weighted by Crippen LogP contribution is -2.05. The first kappa shape index (κ1) is 10.5. The van der Waals surface area contributed by atoms with Crippen molar-refractivity contribution in [2.45, 2.75) is 0 Å². The largest absolute Gasteiger partial charge is 0.268 e. The van der Waals surface area contributed by atoms with Crippen LogP contribution in [0, 0.1) is 0 Å². The van der Waals surface area contributed by atoms with Crippen molar-refractivity contribution in [3.63, 3.8) is 0 Å². The second-order valence-corrected chi connectivity index (χ2v) is 3.80. The molecule has 88 valence electrons. The molecule has 0 saturated carbocycles. The predicted molar refractivity (Wildman–Crippen MR) is 67.4 cm³/mol. The Morgan fingerprint density at radius 3 is 2.50 bits per heavy atom. The SMILES string of the molecule is O=c1ccc(-c2ccc(-n3cccn3)cc2)n[nH]1. The Morgan fingerprint density at radius 2 is 1.89 bits per heavy atom. The monoisotopic (exact) mass is 238 g/mol. The van der Waals surface area contributed by atoms with E-state index in [1.54, 1.807) is 16.9 Å². The maximum absolute atomic E-state index is 10.9. The highest BCUT2D eigenvalue weighted by molar-refractivity contribution is 5.59. The average molecular weight is 238 g/mol. The predicted octanol–water partition coefficient (Wildman–Crippen LogP) is 1.62. The Hall–Kier alpha value is -2.69. The summed E-state index contributed by atoms with van der Waals surface area (Å²) >= 11 is 0. The van der Waals surface area contributed by atoms with Crippen LogP contribution in [0.1, 0.15) is 0 Å². The highest BCUT2D eigenvalue weighted by Crippen LogP contribution is 2.17. The summed E-state index contributed by atoms with van der Waals surface area (Å²) in [4.78, 5) is 10.9. The molecule has 1 aromatic carbocycles. The Kier molecular flexibility index (Phi) is 2.49. The Labute approximate surface area is 103 Å². The van der Waals surface area contributed by atoms with E-state index in [4.69, 9.17) is 0 Å². The molecule has 0 amide bonds. The topological polar surface area (TPSA) is 63.6 Å². The third kappa shape index (κ3) is 1.93. The van der Waals surface area contributed by atoms with Crippen LogP contribution in [0.25, 0.3) is 16.9 Å². The van der Waals surface area contributed by atoms with Gasteiger partial charge in [-0.05, 0) is 24.3 Å². The summed E-state index contributed by atoms with van der Waals surface area (Å²) in [5, 5.41) is 10.6. The summed E-state index contributed by atoms with van der Waals surface area (Å²) in [7, 11) is 0. The highest BCUT2D eigenvalue weighted by atomic mass is 16.1. The summed E-state index contributed by atoms with van der Waals surface area (Å²) in [6.07, 6.45) is 3.62. The van der Waals surface area contributed by atoms with Gasteiger partial charge in [0.05, 0.1) is 11.4 Å². The van der Waals surface area contributed by atoms with Crippen molar-refractivity contribution >= 4 is 0 Å². The molecule has 0 aliphatic rings. The zero-order chi connectivity index (χ0) is 12.4. The van der Waals surface area contributed by atoms with Gasteiger partial charge in [0.15, 0.2) is 0 Å². The van der Waals surface area contributed by atoms with Crippen molar-refractivity contribution in [3.05, 3.63) is 65.2 Å². The van der Waals surface area contributed by atoms with Crippen molar-refractivity contribution in [1.29, 1.82) is 0 Å². The van der Waals surface area contributed by atoms with Gasteiger partial charge in [0.1, 0.15) is 0 Å². The van der Waals surface area contributed by atoms with Crippen molar-refractivity contribution < 1.29 is 0 Å². The van der Waals surface area contributed by atoms with Gasteiger partial charge in [-0.2, -0.15) is 10.2 Å². The number of H-pyrrole nitrogens is 1. The van der Waals surface area contributed by atoms with Crippen LogP contribution in [0.3, 0.4) is 0 Å². The molecule has 0 fully saturated rings. The fraction of sp³-hybridized carbons (Fsp3) is 0. The molecule has 2 aromatic heterocycles. The van der Waals surface area contributed by atoms with Crippen molar-refractivity contribution in [1.82, 2.24) is 20.0 Å². The molecule has 0 radical (unpaired) electrons. The van der Waals surface area contributed by atoms with E-state index >= 15 is 0 Å². The van der Waals surface area contributed by atoms with E-state index in [1.165, 1.54) is 6.07 Å². The number of rotatable bonds is 2. The van der Waals surface area contributed by atoms with Gasteiger partial charge in [0, 0.05) is 24.0 Å². The normalized spacial score (nSPS) is 10.4. The zero-order valence-corrected chi connectivity index (χ0v) is 9.45. The number of nitrogens with one attached hydrogen (secondary N) is 1. The molecule has 0 aliphatic carbocycles. The number of hydrogen-bond acceptors (Lipinski definition) is 3. The van der Waals surface area contributed by atoms with Gasteiger partial charge >= 0.3 is 0 Å². The van der Waals surface area contributed by atoms with E-state index in [0.29, 0.717) is 0 Å². The van der Waals surface area contributed by atoms with Crippen LogP contribution in [-0.2, 0) is 0 Å². The fourth-order valence-electron chi connectivity index (χ4n) is 1.71. The number of hydrogen-bond donors (Lipinski definition) is 1. The summed E-state index contributed by atoms with van der Waals surface area (Å²) in [6.45, 7) is 0. The summed E-state index contributed by atoms with van der Waals surface area (Å²) in [5.41, 5.74) is 2.46. The summed E-state index contributed by atoms with van der Waals surface area (Å²) in [5.74, 6) is 0. The van der Waals surface area contributed by atoms with Crippen molar-refractivity contribution in [3.8, 4) is 16.9 Å². The molecule has 5 heteroatoms. The van der Waals surface area contributed by atoms with Gasteiger partial charge in [-0.15, -0.1) is 0 Å². The van der Waals surface area contributed by atoms with Crippen LogP contribution in [-0.4, -0.2) is 20.0 Å². The molecule has 3 aromatic rings. The Balaban J connectivity index is 1.96. The molecule has 1 N–H and O–H groups in total. The van der Waals surface area contributed by atoms with Gasteiger partial charge < -0.3 is 0 Å². The zero-order valence-electron chi connectivity index (χ0n) is 9.45. The summed E-state index contributed by atoms with van der Waals surface area (Å²) < 4.78 is 1.78. The fourth-order valence-corrected chi connectivity index (χ4v) is 1.71. The lowest BCUT2D eigenvalue weighted by atomic mass is 10.1. The number of aromatic amines is 1. The van der Waals surface area contributed by atoms with Crippen molar-refractivity contribution in [2.24, 2.45) is 0 Å². The third-order valence-corrected chi connectivity index (χ3v) is 2.61. The maximum atomic E-state index is 10.9. The van der Waals surface area contributed by atoms with E-state index in [1.807, 2.05) is 36.5 Å². The lowest BCUT2D eigenvalue weighted by Gasteiger charge is -2.03. The lowest BCUT2D eigenvalue weighted by molar-refractivity contribution is 0.880. The smallest absolute Gasteiger partial charge is 0.264 e. The summed E-state index contributed by atoms with van der Waals surface area (Å²) in [6, 6.07) is 12.8. The van der Waals surface area contributed by atoms with Crippen LogP contribution in [0.2, 0.25) is 0 Å². The second-order valence-electron chi connectivity index (χ2n) is 3.80. The Bertz CT molecular complexity index is 678. The van der Waals surface area contributed by atoms with E-state index in [-0.39, 0.29) is 5.56 Å². The standard InChI is InChI=1S/C13H10N4O/c18-13-7-6-12(15-16-13)10-2-4-11(5-3-10)17-9-1-8-14-17/h1-9H,(H,16,18). The number of benzene rings is 1. The van der Waals surface area contributed by atoms with Gasteiger partial charge in [0.25, 0.3) is 5.56 Å². The second kappa shape index (κ2) is 4.29. The molecule has 0 spiro atoms. The van der Waals surface area contributed by atoms with Crippen LogP contribution in [0.4, 0.5) is 0 Å². The molecular formula is C13H10N4O.